The van der Waals surface area contributed by atoms with Crippen molar-refractivity contribution in [3.8, 4) is 0 Å². The molecular formula is C8H8ClFO2S. The molecule has 0 fully saturated rings. The highest BCUT2D eigenvalue weighted by Crippen LogP contribution is 2.22. The normalized spacial score (nSPS) is 11.7. The Morgan fingerprint density at radius 1 is 1.31 bits per heavy atom. The Bertz CT molecular complexity index is 440. The quantitative estimate of drug-likeness (QED) is 0.684. The van der Waals surface area contributed by atoms with Crippen LogP contribution in [0.4, 0.5) is 4.39 Å². The van der Waals surface area contributed by atoms with Gasteiger partial charge in [-0.2, -0.15) is 0 Å². The molecule has 0 saturated carbocycles. The Morgan fingerprint density at radius 2 is 1.85 bits per heavy atom. The first-order chi connectivity index (χ1) is 5.82. The van der Waals surface area contributed by atoms with Crippen LogP contribution in [0.25, 0.3) is 0 Å². The molecule has 1 aromatic rings. The van der Waals surface area contributed by atoms with Gasteiger partial charge in [-0.25, -0.2) is 12.8 Å². The lowest BCUT2D eigenvalue weighted by Gasteiger charge is -2.03. The summed E-state index contributed by atoms with van der Waals surface area (Å²) in [4.78, 5) is -0.452. The van der Waals surface area contributed by atoms with Gasteiger partial charge in [-0.3, -0.25) is 0 Å². The highest BCUT2D eigenvalue weighted by molar-refractivity contribution is 8.13. The number of halogens is 2. The lowest BCUT2D eigenvalue weighted by molar-refractivity contribution is 0.569. The molecule has 5 heteroatoms. The zero-order valence-corrected chi connectivity index (χ0v) is 8.71. The minimum absolute atomic E-state index is 0.277. The predicted octanol–water partition coefficient (Wildman–Crippen LogP) is 2.37. The van der Waals surface area contributed by atoms with Crippen molar-refractivity contribution < 1.29 is 12.8 Å². The maximum Gasteiger partial charge on any atom is 0.264 e. The van der Waals surface area contributed by atoms with Crippen molar-refractivity contribution in [2.45, 2.75) is 18.7 Å². The monoisotopic (exact) mass is 222 g/mol. The molecule has 0 bridgehead atoms. The third-order valence-corrected chi connectivity index (χ3v) is 2.95. The van der Waals surface area contributed by atoms with Gasteiger partial charge in [0.25, 0.3) is 9.05 Å². The van der Waals surface area contributed by atoms with Gasteiger partial charge in [0.2, 0.25) is 0 Å². The highest BCUT2D eigenvalue weighted by atomic mass is 35.7. The van der Waals surface area contributed by atoms with Crippen molar-refractivity contribution in [3.63, 3.8) is 0 Å². The van der Waals surface area contributed by atoms with Gasteiger partial charge in [-0.15, -0.1) is 0 Å². The molecule has 1 rings (SSSR count). The summed E-state index contributed by atoms with van der Waals surface area (Å²) >= 11 is 0. The molecule has 0 aliphatic carbocycles. The van der Waals surface area contributed by atoms with E-state index >= 15 is 0 Å². The summed E-state index contributed by atoms with van der Waals surface area (Å²) in [7, 11) is 1.06. The number of hydrogen-bond acceptors (Lipinski definition) is 2. The van der Waals surface area contributed by atoms with Gasteiger partial charge >= 0.3 is 0 Å². The number of aryl methyl sites for hydroxylation is 2. The van der Waals surface area contributed by atoms with Crippen molar-refractivity contribution in [2.24, 2.45) is 0 Å². The Balaban J connectivity index is 3.56. The number of hydrogen-bond donors (Lipinski definition) is 0. The van der Waals surface area contributed by atoms with Gasteiger partial charge in [-0.1, -0.05) is 6.07 Å². The van der Waals surface area contributed by atoms with Gasteiger partial charge in [0.1, 0.15) is 10.7 Å². The van der Waals surface area contributed by atoms with Gasteiger partial charge in [-0.05, 0) is 31.0 Å². The average molecular weight is 223 g/mol. The topological polar surface area (TPSA) is 34.1 Å². The smallest absolute Gasteiger partial charge is 0.207 e. The molecule has 0 atom stereocenters. The van der Waals surface area contributed by atoms with Gasteiger partial charge < -0.3 is 0 Å². The molecule has 72 valence electrons. The van der Waals surface area contributed by atoms with Crippen LogP contribution in [0, 0.1) is 19.7 Å². The SMILES string of the molecule is Cc1cc(C)c(F)c(S(=O)(=O)Cl)c1. The van der Waals surface area contributed by atoms with E-state index in [1.165, 1.54) is 13.0 Å². The van der Waals surface area contributed by atoms with Crippen molar-refractivity contribution in [1.29, 1.82) is 0 Å². The number of benzene rings is 1. The van der Waals surface area contributed by atoms with Gasteiger partial charge in [0.05, 0.1) is 0 Å². The molecule has 0 unspecified atom stereocenters. The molecule has 13 heavy (non-hydrogen) atoms. The van der Waals surface area contributed by atoms with E-state index in [1.807, 2.05) is 0 Å². The van der Waals surface area contributed by atoms with Crippen LogP contribution in [0.5, 0.6) is 0 Å². The van der Waals surface area contributed by atoms with E-state index in [0.717, 1.165) is 0 Å². The van der Waals surface area contributed by atoms with Crippen LogP contribution in [0.3, 0.4) is 0 Å². The first-order valence-corrected chi connectivity index (χ1v) is 5.84. The van der Waals surface area contributed by atoms with Crippen LogP contribution in [0.1, 0.15) is 11.1 Å². The molecule has 0 radical (unpaired) electrons. The molecule has 0 heterocycles. The summed E-state index contributed by atoms with van der Waals surface area (Å²) in [6.07, 6.45) is 0. The van der Waals surface area contributed by atoms with E-state index in [-0.39, 0.29) is 5.56 Å². The lowest BCUT2D eigenvalue weighted by atomic mass is 10.1. The maximum atomic E-state index is 13.2. The Morgan fingerprint density at radius 3 is 2.31 bits per heavy atom. The molecular weight excluding hydrogens is 215 g/mol. The lowest BCUT2D eigenvalue weighted by Crippen LogP contribution is -1.98. The molecule has 0 N–H and O–H groups in total. The highest BCUT2D eigenvalue weighted by Gasteiger charge is 2.17. The third kappa shape index (κ3) is 2.19. The zero-order chi connectivity index (χ0) is 10.2. The number of rotatable bonds is 1. The minimum Gasteiger partial charge on any atom is -0.207 e. The Kier molecular flexibility index (Phi) is 2.63. The fourth-order valence-corrected chi connectivity index (χ4v) is 2.13. The predicted molar refractivity (Wildman–Crippen MR) is 48.9 cm³/mol. The van der Waals surface area contributed by atoms with Crippen LogP contribution in [0.2, 0.25) is 0 Å². The van der Waals surface area contributed by atoms with Gasteiger partial charge in [0.15, 0.2) is 0 Å². The van der Waals surface area contributed by atoms with Gasteiger partial charge in [0, 0.05) is 10.7 Å². The molecule has 0 amide bonds. The summed E-state index contributed by atoms with van der Waals surface area (Å²) in [6.45, 7) is 3.17. The van der Waals surface area contributed by atoms with E-state index in [1.54, 1.807) is 13.0 Å². The van der Waals surface area contributed by atoms with E-state index < -0.39 is 19.8 Å². The summed E-state index contributed by atoms with van der Waals surface area (Å²) in [5.41, 5.74) is 0.942. The maximum absolute atomic E-state index is 13.2. The minimum atomic E-state index is -3.98. The fourth-order valence-electron chi connectivity index (χ4n) is 1.09. The van der Waals surface area contributed by atoms with Crippen LogP contribution in [0.15, 0.2) is 17.0 Å². The zero-order valence-electron chi connectivity index (χ0n) is 7.14. The summed E-state index contributed by atoms with van der Waals surface area (Å²) in [5.74, 6) is -0.777. The fraction of sp³-hybridized carbons (Fsp3) is 0.250. The molecule has 2 nitrogen and oxygen atoms in total. The van der Waals surface area contributed by atoms with Crippen molar-refractivity contribution in [1.82, 2.24) is 0 Å². The van der Waals surface area contributed by atoms with Crippen LogP contribution in [-0.2, 0) is 9.05 Å². The van der Waals surface area contributed by atoms with E-state index in [0.29, 0.717) is 5.56 Å². The van der Waals surface area contributed by atoms with Crippen LogP contribution in [-0.4, -0.2) is 8.42 Å². The van der Waals surface area contributed by atoms with E-state index in [9.17, 15) is 12.8 Å². The average Bonchev–Trinajstić information content (AvgIpc) is 1.94. The Labute approximate surface area is 80.8 Å². The molecule has 1 aromatic carbocycles. The van der Waals surface area contributed by atoms with Crippen LogP contribution < -0.4 is 0 Å². The van der Waals surface area contributed by atoms with Crippen molar-refractivity contribution in [2.75, 3.05) is 0 Å². The van der Waals surface area contributed by atoms with Crippen LogP contribution >= 0.6 is 10.7 Å². The summed E-state index contributed by atoms with van der Waals surface area (Å²) in [5, 5.41) is 0. The summed E-state index contributed by atoms with van der Waals surface area (Å²) < 4.78 is 35.0. The first-order valence-electron chi connectivity index (χ1n) is 3.54. The molecule has 0 aromatic heterocycles. The Hall–Kier alpha value is -0.610. The molecule has 0 aliphatic rings. The summed E-state index contributed by atoms with van der Waals surface area (Å²) in [6, 6.07) is 2.77. The third-order valence-electron chi connectivity index (χ3n) is 1.63. The second-order valence-corrected chi connectivity index (χ2v) is 5.37. The molecule has 0 aliphatic heterocycles. The van der Waals surface area contributed by atoms with E-state index in [2.05, 4.69) is 0 Å². The van der Waals surface area contributed by atoms with Crippen molar-refractivity contribution >= 4 is 19.7 Å². The second-order valence-electron chi connectivity index (χ2n) is 2.83. The second kappa shape index (κ2) is 3.27. The molecule has 0 saturated heterocycles. The standard InChI is InChI=1S/C8H8ClFO2S/c1-5-3-6(2)8(10)7(4-5)13(9,11)12/h3-4H,1-2H3. The van der Waals surface area contributed by atoms with E-state index in [4.69, 9.17) is 10.7 Å². The molecule has 0 spiro atoms. The first kappa shape index (κ1) is 10.5. The van der Waals surface area contributed by atoms with Crippen molar-refractivity contribution in [3.05, 3.63) is 29.1 Å². The largest absolute Gasteiger partial charge is 0.264 e.